The van der Waals surface area contributed by atoms with Gasteiger partial charge in [-0.3, -0.25) is 4.79 Å². The van der Waals surface area contributed by atoms with Crippen LogP contribution >= 0.6 is 11.3 Å². The maximum atomic E-state index is 13.5. The van der Waals surface area contributed by atoms with E-state index in [1.165, 1.54) is 12.1 Å². The monoisotopic (exact) mass is 481 g/mol. The molecular formula is C25H24FN3O4S. The van der Waals surface area contributed by atoms with Gasteiger partial charge in [0, 0.05) is 55.2 Å². The Balaban J connectivity index is 1.60. The van der Waals surface area contributed by atoms with Gasteiger partial charge in [-0.15, -0.1) is 11.3 Å². The Bertz CT molecular complexity index is 1280. The van der Waals surface area contributed by atoms with E-state index in [0.29, 0.717) is 59.8 Å². The molecule has 2 aromatic carbocycles. The number of hydrogen-bond donors (Lipinski definition) is 1. The molecule has 1 aliphatic rings. The first-order valence-electron chi connectivity index (χ1n) is 11.1. The minimum absolute atomic E-state index is 0.286. The van der Waals surface area contributed by atoms with Crippen LogP contribution in [0.5, 0.6) is 5.75 Å². The smallest absolute Gasteiger partial charge is 0.255 e. The molecule has 0 bridgehead atoms. The van der Waals surface area contributed by atoms with Crippen LogP contribution in [0.25, 0.3) is 22.3 Å². The number of amides is 1. The predicted octanol–water partition coefficient (Wildman–Crippen LogP) is 4.51. The number of carbonyl (C=O) groups excluding carboxylic acids is 1. The first-order chi connectivity index (χ1) is 16.6. The quantitative estimate of drug-likeness (QED) is 0.419. The third-order valence-electron chi connectivity index (χ3n) is 5.74. The number of furan rings is 1. The molecule has 0 aliphatic carbocycles. The average Bonchev–Trinajstić information content (AvgIpc) is 3.52. The lowest BCUT2D eigenvalue weighted by atomic mass is 10.0. The van der Waals surface area contributed by atoms with Crippen LogP contribution in [0.15, 0.2) is 52.4 Å². The number of fused-ring (bicyclic) bond motifs is 1. The molecule has 0 atom stereocenters. The lowest BCUT2D eigenvalue weighted by Crippen LogP contribution is -2.36. The second-order valence-corrected chi connectivity index (χ2v) is 8.81. The normalized spacial score (nSPS) is 13.9. The summed E-state index contributed by atoms with van der Waals surface area (Å²) in [6, 6.07) is 9.69. The Morgan fingerprint density at radius 2 is 2.03 bits per heavy atom. The molecule has 1 fully saturated rings. The summed E-state index contributed by atoms with van der Waals surface area (Å²) in [5.41, 5.74) is 2.46. The number of aromatic nitrogens is 1. The number of halogens is 1. The van der Waals surface area contributed by atoms with Crippen molar-refractivity contribution in [2.45, 2.75) is 6.42 Å². The van der Waals surface area contributed by atoms with Crippen LogP contribution in [-0.2, 0) is 11.2 Å². The number of ether oxygens (including phenoxy) is 2. The fourth-order valence-corrected chi connectivity index (χ4v) is 4.66. The topological polar surface area (TPSA) is 76.8 Å². The van der Waals surface area contributed by atoms with Gasteiger partial charge in [0.25, 0.3) is 5.91 Å². The van der Waals surface area contributed by atoms with Gasteiger partial charge >= 0.3 is 0 Å². The highest BCUT2D eigenvalue weighted by Crippen LogP contribution is 2.40. The van der Waals surface area contributed by atoms with Crippen LogP contribution in [0, 0.1) is 5.82 Å². The van der Waals surface area contributed by atoms with Crippen molar-refractivity contribution >= 4 is 33.9 Å². The maximum absolute atomic E-state index is 13.5. The van der Waals surface area contributed by atoms with Crippen molar-refractivity contribution in [3.8, 4) is 17.1 Å². The van der Waals surface area contributed by atoms with E-state index in [4.69, 9.17) is 13.9 Å². The molecule has 4 aromatic rings. The SMILES string of the molecule is CNC(=O)c1c(-c2ccc(F)cc2)oc2cc(N3CCOCC3)c(OCCc3nccs3)cc12. The molecule has 0 spiro atoms. The van der Waals surface area contributed by atoms with Gasteiger partial charge < -0.3 is 24.1 Å². The summed E-state index contributed by atoms with van der Waals surface area (Å²) < 4.78 is 31.5. The van der Waals surface area contributed by atoms with E-state index in [9.17, 15) is 9.18 Å². The summed E-state index contributed by atoms with van der Waals surface area (Å²) >= 11 is 1.59. The number of anilines is 1. The van der Waals surface area contributed by atoms with Crippen LogP contribution in [0.4, 0.5) is 10.1 Å². The number of carbonyl (C=O) groups is 1. The van der Waals surface area contributed by atoms with Crippen molar-refractivity contribution in [2.24, 2.45) is 0 Å². The van der Waals surface area contributed by atoms with E-state index in [1.807, 2.05) is 17.5 Å². The molecule has 1 saturated heterocycles. The second-order valence-electron chi connectivity index (χ2n) is 7.83. The predicted molar refractivity (Wildman–Crippen MR) is 129 cm³/mol. The molecule has 5 rings (SSSR count). The molecule has 0 unspecified atom stereocenters. The molecule has 9 heteroatoms. The van der Waals surface area contributed by atoms with Crippen LogP contribution in [0.3, 0.4) is 0 Å². The lowest BCUT2D eigenvalue weighted by Gasteiger charge is -2.30. The van der Waals surface area contributed by atoms with Crippen molar-refractivity contribution in [3.05, 3.63) is 64.4 Å². The molecule has 0 saturated carbocycles. The van der Waals surface area contributed by atoms with E-state index in [1.54, 1.807) is 36.7 Å². The second kappa shape index (κ2) is 9.82. The number of benzene rings is 2. The Morgan fingerprint density at radius 1 is 1.24 bits per heavy atom. The molecule has 1 aliphatic heterocycles. The molecular weight excluding hydrogens is 457 g/mol. The van der Waals surface area contributed by atoms with Crippen molar-refractivity contribution < 1.29 is 23.1 Å². The van der Waals surface area contributed by atoms with Crippen molar-refractivity contribution in [3.63, 3.8) is 0 Å². The summed E-state index contributed by atoms with van der Waals surface area (Å²) in [7, 11) is 1.57. The van der Waals surface area contributed by atoms with Crippen molar-refractivity contribution in [2.75, 3.05) is 44.9 Å². The van der Waals surface area contributed by atoms with E-state index in [0.717, 1.165) is 23.8 Å². The third kappa shape index (κ3) is 4.49. The minimum atomic E-state index is -0.355. The number of hydrogen-bond acceptors (Lipinski definition) is 7. The summed E-state index contributed by atoms with van der Waals surface area (Å²) in [5.74, 6) is 0.419. The van der Waals surface area contributed by atoms with E-state index in [-0.39, 0.29) is 11.7 Å². The van der Waals surface area contributed by atoms with Gasteiger partial charge in [-0.25, -0.2) is 9.37 Å². The first-order valence-corrected chi connectivity index (χ1v) is 11.9. The molecule has 0 radical (unpaired) electrons. The molecule has 176 valence electrons. The Labute approximate surface area is 200 Å². The van der Waals surface area contributed by atoms with Crippen molar-refractivity contribution in [1.82, 2.24) is 10.3 Å². The van der Waals surface area contributed by atoms with Crippen LogP contribution in [-0.4, -0.2) is 50.8 Å². The van der Waals surface area contributed by atoms with E-state index < -0.39 is 0 Å². The third-order valence-corrected chi connectivity index (χ3v) is 6.58. The van der Waals surface area contributed by atoms with Crippen LogP contribution in [0.2, 0.25) is 0 Å². The number of morpholine rings is 1. The Morgan fingerprint density at radius 3 is 2.74 bits per heavy atom. The molecule has 1 amide bonds. The van der Waals surface area contributed by atoms with Gasteiger partial charge in [-0.2, -0.15) is 0 Å². The Hall–Kier alpha value is -3.43. The Kier molecular flexibility index (Phi) is 6.46. The highest BCUT2D eigenvalue weighted by Gasteiger charge is 2.25. The summed E-state index contributed by atoms with van der Waals surface area (Å²) in [4.78, 5) is 19.4. The number of nitrogens with zero attached hydrogens (tertiary/aromatic N) is 2. The van der Waals surface area contributed by atoms with Gasteiger partial charge in [0.15, 0.2) is 0 Å². The molecule has 2 aromatic heterocycles. The van der Waals surface area contributed by atoms with Gasteiger partial charge in [-0.1, -0.05) is 0 Å². The summed E-state index contributed by atoms with van der Waals surface area (Å²) in [6.07, 6.45) is 2.47. The zero-order valence-electron chi connectivity index (χ0n) is 18.7. The van der Waals surface area contributed by atoms with Gasteiger partial charge in [0.1, 0.15) is 22.9 Å². The van der Waals surface area contributed by atoms with Crippen LogP contribution in [0.1, 0.15) is 15.4 Å². The maximum Gasteiger partial charge on any atom is 0.255 e. The molecule has 1 N–H and O–H groups in total. The standard InChI is InChI=1S/C25H24FN3O4S/c1-27-25(30)23-18-14-21(32-10-6-22-28-7-13-34-22)19(29-8-11-31-12-9-29)15-20(18)33-24(23)16-2-4-17(26)5-3-16/h2-5,7,13-15H,6,8-12H2,1H3,(H,27,30). The van der Waals surface area contributed by atoms with E-state index >= 15 is 0 Å². The first kappa shape index (κ1) is 22.4. The average molecular weight is 482 g/mol. The summed E-state index contributed by atoms with van der Waals surface area (Å²) in [6.45, 7) is 3.15. The van der Waals surface area contributed by atoms with Gasteiger partial charge in [-0.05, 0) is 30.3 Å². The van der Waals surface area contributed by atoms with E-state index in [2.05, 4.69) is 15.2 Å². The van der Waals surface area contributed by atoms with Gasteiger partial charge in [0.05, 0.1) is 36.1 Å². The fraction of sp³-hybridized carbons (Fsp3) is 0.280. The molecule has 3 heterocycles. The van der Waals surface area contributed by atoms with Gasteiger partial charge in [0.2, 0.25) is 0 Å². The van der Waals surface area contributed by atoms with Crippen LogP contribution < -0.4 is 15.0 Å². The number of rotatable bonds is 7. The number of thiazole rings is 1. The summed E-state index contributed by atoms with van der Waals surface area (Å²) in [5, 5.41) is 6.28. The molecule has 7 nitrogen and oxygen atoms in total. The highest BCUT2D eigenvalue weighted by molar-refractivity contribution is 7.09. The largest absolute Gasteiger partial charge is 0.491 e. The zero-order chi connectivity index (χ0) is 23.5. The minimum Gasteiger partial charge on any atom is -0.491 e. The lowest BCUT2D eigenvalue weighted by molar-refractivity contribution is 0.0964. The fourth-order valence-electron chi connectivity index (χ4n) is 4.06. The van der Waals surface area contributed by atoms with Crippen molar-refractivity contribution in [1.29, 1.82) is 0 Å². The molecule has 34 heavy (non-hydrogen) atoms. The number of nitrogens with one attached hydrogen (secondary N) is 1. The highest BCUT2D eigenvalue weighted by atomic mass is 32.1. The zero-order valence-corrected chi connectivity index (χ0v) is 19.5.